The van der Waals surface area contributed by atoms with Crippen LogP contribution >= 0.6 is 0 Å². The van der Waals surface area contributed by atoms with Crippen molar-refractivity contribution in [2.45, 2.75) is 45.9 Å². The van der Waals surface area contributed by atoms with Crippen LogP contribution in [0.25, 0.3) is 0 Å². The van der Waals surface area contributed by atoms with Gasteiger partial charge in [0.2, 0.25) is 0 Å². The Morgan fingerprint density at radius 3 is 2.18 bits per heavy atom. The zero-order valence-electron chi connectivity index (χ0n) is 17.6. The van der Waals surface area contributed by atoms with Crippen LogP contribution in [0.15, 0.2) is 42.5 Å². The molecule has 0 N–H and O–H groups in total. The maximum atomic E-state index is 6.34. The van der Waals surface area contributed by atoms with E-state index in [9.17, 15) is 0 Å². The van der Waals surface area contributed by atoms with Crippen LogP contribution in [-0.4, -0.2) is 37.4 Å². The Balaban J connectivity index is 1.88. The molecule has 152 valence electrons. The summed E-state index contributed by atoms with van der Waals surface area (Å²) in [5, 5.41) is 0. The van der Waals surface area contributed by atoms with E-state index < -0.39 is 0 Å². The lowest BCUT2D eigenvalue weighted by molar-refractivity contribution is 0.0475. The van der Waals surface area contributed by atoms with Gasteiger partial charge in [0.1, 0.15) is 5.75 Å². The number of hydrogen-bond acceptors (Lipinski definition) is 5. The molecule has 2 aromatic rings. The van der Waals surface area contributed by atoms with Crippen LogP contribution in [0.4, 0.5) is 0 Å². The second-order valence-corrected chi connectivity index (χ2v) is 7.87. The summed E-state index contributed by atoms with van der Waals surface area (Å²) in [6.45, 7) is 9.73. The summed E-state index contributed by atoms with van der Waals surface area (Å²) < 4.78 is 23.3. The molecule has 2 aromatic carbocycles. The molecule has 28 heavy (non-hydrogen) atoms. The first-order valence-electron chi connectivity index (χ1n) is 9.61. The van der Waals surface area contributed by atoms with Crippen LogP contribution in [-0.2, 0) is 11.3 Å². The van der Waals surface area contributed by atoms with E-state index in [1.54, 1.807) is 14.2 Å². The van der Waals surface area contributed by atoms with Crippen LogP contribution in [0.1, 0.15) is 38.8 Å². The van der Waals surface area contributed by atoms with E-state index in [2.05, 4.69) is 30.9 Å². The van der Waals surface area contributed by atoms with Gasteiger partial charge >= 0.3 is 0 Å². The van der Waals surface area contributed by atoms with E-state index in [0.717, 1.165) is 42.1 Å². The van der Waals surface area contributed by atoms with Crippen molar-refractivity contribution in [3.05, 3.63) is 59.8 Å². The highest BCUT2D eigenvalue weighted by molar-refractivity contribution is 5.52. The Morgan fingerprint density at radius 1 is 1.04 bits per heavy atom. The van der Waals surface area contributed by atoms with Crippen molar-refractivity contribution in [2.24, 2.45) is 0 Å². The third kappa shape index (κ3) is 4.54. The molecule has 0 saturated carbocycles. The van der Waals surface area contributed by atoms with Gasteiger partial charge in [-0.2, -0.15) is 0 Å². The van der Waals surface area contributed by atoms with E-state index in [4.69, 9.17) is 18.9 Å². The molecule has 0 radical (unpaired) electrons. The molecule has 0 unspecified atom stereocenters. The van der Waals surface area contributed by atoms with Crippen LogP contribution < -0.4 is 14.2 Å². The van der Waals surface area contributed by atoms with Gasteiger partial charge < -0.3 is 23.8 Å². The lowest BCUT2D eigenvalue weighted by atomic mass is 10.1. The van der Waals surface area contributed by atoms with Crippen LogP contribution in [0, 0.1) is 6.23 Å². The number of methoxy groups -OCH3 is 2. The molecule has 0 spiro atoms. The lowest BCUT2D eigenvalue weighted by Crippen LogP contribution is -2.28. The zero-order chi connectivity index (χ0) is 20.3. The van der Waals surface area contributed by atoms with Crippen LogP contribution in [0.5, 0.6) is 17.2 Å². The minimum Gasteiger partial charge on any atom is -0.553 e. The fourth-order valence-corrected chi connectivity index (χ4v) is 3.45. The Labute approximate surface area is 168 Å². The predicted octanol–water partition coefficient (Wildman–Crippen LogP) is 4.64. The SMILES string of the molecule is COc1cccc(OC)c1[C-]1OC(C)(C)CN1Cc1ccc(OC(C)C)cc1. The first-order valence-corrected chi connectivity index (χ1v) is 9.61. The number of nitrogens with zero attached hydrogens (tertiary/aromatic N) is 1. The standard InChI is InChI=1S/C23H30NO4/c1-16(2)27-18-12-10-17(11-13-18)14-24-15-23(3,4)28-22(24)21-19(25-5)8-7-9-20(21)26-6/h7-13,16H,14-15H2,1-6H3/q-1. The van der Waals surface area contributed by atoms with Gasteiger partial charge in [0.25, 0.3) is 0 Å². The second kappa shape index (κ2) is 8.33. The zero-order valence-corrected chi connectivity index (χ0v) is 17.6. The maximum absolute atomic E-state index is 6.34. The summed E-state index contributed by atoms with van der Waals surface area (Å²) in [4.78, 5) is 2.23. The Kier molecular flexibility index (Phi) is 6.06. The molecule has 0 aliphatic carbocycles. The molecule has 0 atom stereocenters. The van der Waals surface area contributed by atoms with Gasteiger partial charge in [0.05, 0.1) is 25.9 Å². The number of ether oxygens (including phenoxy) is 4. The van der Waals surface area contributed by atoms with Crippen molar-refractivity contribution in [2.75, 3.05) is 20.8 Å². The van der Waals surface area contributed by atoms with Gasteiger partial charge in [-0.25, -0.2) is 0 Å². The molecule has 0 amide bonds. The van der Waals surface area contributed by atoms with Crippen molar-refractivity contribution in [3.8, 4) is 17.2 Å². The smallest absolute Gasteiger partial charge is 0.119 e. The third-order valence-corrected chi connectivity index (χ3v) is 4.54. The average Bonchev–Trinajstić information content (AvgIpc) is 2.96. The summed E-state index contributed by atoms with van der Waals surface area (Å²) in [5.41, 5.74) is 1.73. The fourth-order valence-electron chi connectivity index (χ4n) is 3.45. The van der Waals surface area contributed by atoms with Crippen molar-refractivity contribution in [1.29, 1.82) is 0 Å². The van der Waals surface area contributed by atoms with Crippen LogP contribution in [0.2, 0.25) is 0 Å². The van der Waals surface area contributed by atoms with Crippen molar-refractivity contribution in [1.82, 2.24) is 4.90 Å². The Hall–Kier alpha value is -2.37. The fraction of sp³-hybridized carbons (Fsp3) is 0.435. The van der Waals surface area contributed by atoms with E-state index >= 15 is 0 Å². The van der Waals surface area contributed by atoms with Crippen molar-refractivity contribution < 1.29 is 18.9 Å². The minimum absolute atomic E-state index is 0.163. The van der Waals surface area contributed by atoms with E-state index in [-0.39, 0.29) is 11.7 Å². The minimum atomic E-state index is -0.304. The first kappa shape index (κ1) is 20.4. The van der Waals surface area contributed by atoms with Gasteiger partial charge in [-0.05, 0) is 45.4 Å². The van der Waals surface area contributed by atoms with Crippen molar-refractivity contribution in [3.63, 3.8) is 0 Å². The quantitative estimate of drug-likeness (QED) is 0.651. The Morgan fingerprint density at radius 2 is 1.64 bits per heavy atom. The second-order valence-electron chi connectivity index (χ2n) is 7.87. The van der Waals surface area contributed by atoms with E-state index in [0.29, 0.717) is 0 Å². The summed E-state index contributed by atoms with van der Waals surface area (Å²) in [6.07, 6.45) is 0.943. The van der Waals surface area contributed by atoms with Gasteiger partial charge in [-0.1, -0.05) is 35.9 Å². The molecule has 1 aliphatic heterocycles. The molecule has 1 aliphatic rings. The normalized spacial score (nSPS) is 16.5. The molecular formula is C23H30NO4-. The van der Waals surface area contributed by atoms with Gasteiger partial charge in [0.15, 0.2) is 0 Å². The van der Waals surface area contributed by atoms with Gasteiger partial charge in [-0.3, -0.25) is 0 Å². The van der Waals surface area contributed by atoms with Crippen LogP contribution in [0.3, 0.4) is 0 Å². The molecule has 5 nitrogen and oxygen atoms in total. The molecule has 0 aromatic heterocycles. The topological polar surface area (TPSA) is 40.2 Å². The number of rotatable bonds is 7. The molecule has 5 heteroatoms. The van der Waals surface area contributed by atoms with E-state index in [1.165, 1.54) is 5.56 Å². The van der Waals surface area contributed by atoms with Crippen molar-refractivity contribution >= 4 is 0 Å². The largest absolute Gasteiger partial charge is 0.553 e. The van der Waals surface area contributed by atoms with E-state index in [1.807, 2.05) is 44.2 Å². The molecule has 0 bridgehead atoms. The molecule has 1 fully saturated rings. The monoisotopic (exact) mass is 384 g/mol. The number of benzene rings is 2. The van der Waals surface area contributed by atoms with Gasteiger partial charge in [-0.15, -0.1) is 0 Å². The number of hydrogen-bond donors (Lipinski definition) is 0. The maximum Gasteiger partial charge on any atom is 0.119 e. The molecule has 3 rings (SSSR count). The predicted molar refractivity (Wildman–Crippen MR) is 110 cm³/mol. The summed E-state index contributed by atoms with van der Waals surface area (Å²) >= 11 is 0. The summed E-state index contributed by atoms with van der Waals surface area (Å²) in [7, 11) is 3.33. The summed E-state index contributed by atoms with van der Waals surface area (Å²) in [6, 6.07) is 14.0. The average molecular weight is 384 g/mol. The Bertz CT molecular complexity index is 763. The highest BCUT2D eigenvalue weighted by atomic mass is 16.5. The molecule has 1 heterocycles. The lowest BCUT2D eigenvalue weighted by Gasteiger charge is -2.33. The first-order chi connectivity index (χ1) is 13.3. The van der Waals surface area contributed by atoms with Gasteiger partial charge in [0, 0.05) is 30.8 Å². The molecule has 1 saturated heterocycles. The molecular weight excluding hydrogens is 354 g/mol. The third-order valence-electron chi connectivity index (χ3n) is 4.54. The highest BCUT2D eigenvalue weighted by Crippen LogP contribution is 2.43. The highest BCUT2D eigenvalue weighted by Gasteiger charge is 2.36. The summed E-state index contributed by atoms with van der Waals surface area (Å²) in [5.74, 6) is 2.35.